The zero-order valence-corrected chi connectivity index (χ0v) is 9.38. The summed E-state index contributed by atoms with van der Waals surface area (Å²) in [4.78, 5) is 24.2. The van der Waals surface area contributed by atoms with Crippen LogP contribution >= 0.6 is 0 Å². The van der Waals surface area contributed by atoms with E-state index in [0.717, 1.165) is 0 Å². The maximum atomic E-state index is 11.8. The summed E-state index contributed by atoms with van der Waals surface area (Å²) in [5.41, 5.74) is 6.38. The molecule has 1 unspecified atom stereocenters. The number of hydrogen-bond donors (Lipinski definition) is 2. The fraction of sp³-hybridized carbons (Fsp3) is 0.273. The number of amides is 3. The minimum Gasteiger partial charge on any atom is -0.454 e. The number of benzene rings is 1. The van der Waals surface area contributed by atoms with Gasteiger partial charge in [-0.3, -0.25) is 15.0 Å². The maximum Gasteiger partial charge on any atom is 0.329 e. The Hall–Kier alpha value is -2.28. The molecule has 0 radical (unpaired) electrons. The number of nitrogens with one attached hydrogen (secondary N) is 1. The van der Waals surface area contributed by atoms with E-state index in [0.29, 0.717) is 17.2 Å². The van der Waals surface area contributed by atoms with Crippen LogP contribution in [0.4, 0.5) is 10.5 Å². The average molecular weight is 249 g/mol. The molecule has 3 rings (SSSR count). The predicted molar refractivity (Wildman–Crippen MR) is 61.2 cm³/mol. The van der Waals surface area contributed by atoms with Crippen molar-refractivity contribution < 1.29 is 19.1 Å². The van der Waals surface area contributed by atoms with E-state index in [9.17, 15) is 9.59 Å². The maximum absolute atomic E-state index is 11.8. The molecule has 1 atom stereocenters. The van der Waals surface area contributed by atoms with Crippen molar-refractivity contribution in [3.63, 3.8) is 0 Å². The Bertz CT molecular complexity index is 531. The molecule has 94 valence electrons. The number of nitrogens with zero attached hydrogens (tertiary/aromatic N) is 1. The van der Waals surface area contributed by atoms with Gasteiger partial charge in [0.15, 0.2) is 11.5 Å². The largest absolute Gasteiger partial charge is 0.454 e. The quantitative estimate of drug-likeness (QED) is 0.738. The van der Waals surface area contributed by atoms with Crippen molar-refractivity contribution in [2.24, 2.45) is 5.73 Å². The smallest absolute Gasteiger partial charge is 0.329 e. The van der Waals surface area contributed by atoms with E-state index in [-0.39, 0.29) is 19.1 Å². The normalized spacial score (nSPS) is 22.1. The van der Waals surface area contributed by atoms with Gasteiger partial charge in [-0.05, 0) is 12.1 Å². The molecule has 1 aromatic carbocycles. The zero-order chi connectivity index (χ0) is 12.7. The highest BCUT2D eigenvalue weighted by atomic mass is 16.7. The molecular weight excluding hydrogens is 238 g/mol. The molecule has 3 amide bonds. The highest BCUT2D eigenvalue weighted by Gasteiger charge is 2.31. The van der Waals surface area contributed by atoms with Crippen molar-refractivity contribution in [1.82, 2.24) is 5.32 Å². The van der Waals surface area contributed by atoms with E-state index in [1.165, 1.54) is 4.90 Å². The summed E-state index contributed by atoms with van der Waals surface area (Å²) in [7, 11) is 0. The van der Waals surface area contributed by atoms with Gasteiger partial charge in [-0.1, -0.05) is 0 Å². The Morgan fingerprint density at radius 1 is 1.28 bits per heavy atom. The minimum absolute atomic E-state index is 0.0696. The molecule has 2 aliphatic rings. The molecule has 0 aromatic heterocycles. The highest BCUT2D eigenvalue weighted by Crippen LogP contribution is 2.36. The number of hydrogen-bond acceptors (Lipinski definition) is 5. The SMILES string of the molecule is NC1CC(=O)NC(=O)N1c1ccc2c(c1)OCO2. The van der Waals surface area contributed by atoms with Crippen LogP contribution in [-0.2, 0) is 4.79 Å². The van der Waals surface area contributed by atoms with Gasteiger partial charge in [0.05, 0.1) is 18.3 Å². The van der Waals surface area contributed by atoms with E-state index in [4.69, 9.17) is 15.2 Å². The molecule has 0 aliphatic carbocycles. The Morgan fingerprint density at radius 2 is 2.06 bits per heavy atom. The van der Waals surface area contributed by atoms with Crippen LogP contribution in [0, 0.1) is 0 Å². The predicted octanol–water partition coefficient (Wildman–Crippen LogP) is 0.146. The van der Waals surface area contributed by atoms with Crippen LogP contribution in [-0.4, -0.2) is 24.9 Å². The summed E-state index contributed by atoms with van der Waals surface area (Å²) in [5, 5.41) is 2.22. The first kappa shape index (κ1) is 10.8. The summed E-state index contributed by atoms with van der Waals surface area (Å²) in [6, 6.07) is 4.53. The van der Waals surface area contributed by atoms with Crippen LogP contribution in [0.3, 0.4) is 0 Å². The third kappa shape index (κ3) is 1.65. The van der Waals surface area contributed by atoms with E-state index in [1.54, 1.807) is 18.2 Å². The summed E-state index contributed by atoms with van der Waals surface area (Å²) >= 11 is 0. The molecule has 7 nitrogen and oxygen atoms in total. The van der Waals surface area contributed by atoms with E-state index >= 15 is 0 Å². The van der Waals surface area contributed by atoms with E-state index in [2.05, 4.69) is 5.32 Å². The molecule has 1 fully saturated rings. The van der Waals surface area contributed by atoms with Gasteiger partial charge in [-0.25, -0.2) is 4.79 Å². The van der Waals surface area contributed by atoms with Crippen molar-refractivity contribution in [1.29, 1.82) is 0 Å². The molecule has 18 heavy (non-hydrogen) atoms. The van der Waals surface area contributed by atoms with Gasteiger partial charge in [0, 0.05) is 6.07 Å². The van der Waals surface area contributed by atoms with Gasteiger partial charge in [0.1, 0.15) is 0 Å². The Kier molecular flexibility index (Phi) is 2.34. The standard InChI is InChI=1S/C11H11N3O4/c12-9-4-10(15)13-11(16)14(9)6-1-2-7-8(3-6)18-5-17-7/h1-3,9H,4-5,12H2,(H,13,15,16). The van der Waals surface area contributed by atoms with Gasteiger partial charge in [-0.2, -0.15) is 0 Å². The Morgan fingerprint density at radius 3 is 2.83 bits per heavy atom. The zero-order valence-electron chi connectivity index (χ0n) is 9.38. The first-order valence-electron chi connectivity index (χ1n) is 5.43. The number of carbonyl (C=O) groups excluding carboxylic acids is 2. The van der Waals surface area contributed by atoms with E-state index < -0.39 is 12.2 Å². The first-order valence-corrected chi connectivity index (χ1v) is 5.43. The monoisotopic (exact) mass is 249 g/mol. The number of carbonyl (C=O) groups is 2. The second-order valence-corrected chi connectivity index (χ2v) is 4.03. The van der Waals surface area contributed by atoms with Crippen molar-refractivity contribution in [2.45, 2.75) is 12.6 Å². The summed E-state index contributed by atoms with van der Waals surface area (Å²) < 4.78 is 10.4. The molecule has 0 bridgehead atoms. The summed E-state index contributed by atoms with van der Waals surface area (Å²) in [5.74, 6) is 0.815. The van der Waals surface area contributed by atoms with Crippen LogP contribution in [0.5, 0.6) is 11.5 Å². The van der Waals surface area contributed by atoms with Gasteiger partial charge >= 0.3 is 6.03 Å². The van der Waals surface area contributed by atoms with Crippen LogP contribution in [0.25, 0.3) is 0 Å². The minimum atomic E-state index is -0.674. The van der Waals surface area contributed by atoms with Gasteiger partial charge in [0.2, 0.25) is 12.7 Å². The van der Waals surface area contributed by atoms with Crippen LogP contribution in [0.2, 0.25) is 0 Å². The Labute approximate surface area is 102 Å². The number of rotatable bonds is 1. The number of ether oxygens (including phenoxy) is 2. The second kappa shape index (κ2) is 3.88. The van der Waals surface area contributed by atoms with Crippen molar-refractivity contribution >= 4 is 17.6 Å². The first-order chi connectivity index (χ1) is 8.65. The van der Waals surface area contributed by atoms with Gasteiger partial charge in [-0.15, -0.1) is 0 Å². The number of nitrogens with two attached hydrogens (primary N) is 1. The molecule has 3 N–H and O–H groups in total. The fourth-order valence-corrected chi connectivity index (χ4v) is 2.01. The van der Waals surface area contributed by atoms with Crippen molar-refractivity contribution in [3.05, 3.63) is 18.2 Å². The fourth-order valence-electron chi connectivity index (χ4n) is 2.01. The lowest BCUT2D eigenvalue weighted by molar-refractivity contribution is -0.120. The van der Waals surface area contributed by atoms with Crippen LogP contribution in [0.15, 0.2) is 18.2 Å². The molecule has 1 aromatic rings. The summed E-state index contributed by atoms with van der Waals surface area (Å²) in [6.45, 7) is 0.162. The molecule has 2 aliphatic heterocycles. The van der Waals surface area contributed by atoms with Gasteiger partial charge < -0.3 is 15.2 Å². The average Bonchev–Trinajstić information content (AvgIpc) is 2.74. The Balaban J connectivity index is 1.94. The molecule has 1 saturated heterocycles. The molecular formula is C11H11N3O4. The number of urea groups is 1. The number of anilines is 1. The van der Waals surface area contributed by atoms with Crippen molar-refractivity contribution in [2.75, 3.05) is 11.7 Å². The topological polar surface area (TPSA) is 93.9 Å². The lowest BCUT2D eigenvalue weighted by Crippen LogP contribution is -2.58. The third-order valence-electron chi connectivity index (χ3n) is 2.83. The number of imide groups is 1. The second-order valence-electron chi connectivity index (χ2n) is 4.03. The summed E-state index contributed by atoms with van der Waals surface area (Å²) in [6.07, 6.45) is -0.605. The molecule has 2 heterocycles. The lowest BCUT2D eigenvalue weighted by atomic mass is 10.2. The molecule has 0 saturated carbocycles. The van der Waals surface area contributed by atoms with E-state index in [1.807, 2.05) is 0 Å². The van der Waals surface area contributed by atoms with Gasteiger partial charge in [0.25, 0.3) is 0 Å². The third-order valence-corrected chi connectivity index (χ3v) is 2.83. The lowest BCUT2D eigenvalue weighted by Gasteiger charge is -2.32. The molecule has 7 heteroatoms. The van der Waals surface area contributed by atoms with Crippen LogP contribution < -0.4 is 25.4 Å². The molecule has 0 spiro atoms. The van der Waals surface area contributed by atoms with Crippen molar-refractivity contribution in [3.8, 4) is 11.5 Å². The number of fused-ring (bicyclic) bond motifs is 1. The van der Waals surface area contributed by atoms with Crippen LogP contribution in [0.1, 0.15) is 6.42 Å². The highest BCUT2D eigenvalue weighted by molar-refractivity contribution is 6.06.